The maximum absolute atomic E-state index is 4.79. The van der Waals surface area contributed by atoms with Gasteiger partial charge in [0.2, 0.25) is 0 Å². The molecule has 0 saturated heterocycles. The van der Waals surface area contributed by atoms with E-state index in [4.69, 9.17) is 4.98 Å². The Bertz CT molecular complexity index is 1510. The molecule has 0 aromatic carbocycles. The average molecular weight is 391 g/mol. The predicted octanol–water partition coefficient (Wildman–Crippen LogP) is 4.34. The van der Waals surface area contributed by atoms with Crippen molar-refractivity contribution in [3.8, 4) is 33.5 Å². The van der Waals surface area contributed by atoms with E-state index >= 15 is 0 Å². The fraction of sp³-hybridized carbons (Fsp3) is 0.0435. The molecule has 7 heteroatoms. The molecule has 144 valence electrons. The van der Waals surface area contributed by atoms with Crippen LogP contribution < -0.4 is 0 Å². The number of rotatable bonds is 3. The summed E-state index contributed by atoms with van der Waals surface area (Å²) in [7, 11) is 1.90. The van der Waals surface area contributed by atoms with Crippen LogP contribution in [-0.4, -0.2) is 34.3 Å². The van der Waals surface area contributed by atoms with Crippen LogP contribution in [0.3, 0.4) is 0 Å². The zero-order valence-electron chi connectivity index (χ0n) is 16.2. The van der Waals surface area contributed by atoms with Gasteiger partial charge < -0.3 is 4.98 Å². The van der Waals surface area contributed by atoms with Crippen molar-refractivity contribution in [2.45, 2.75) is 0 Å². The standard InChI is InChI=1S/C23H17N7/c1-29-14-17(11-26-29)21-5-4-18-19(12-25-23(18)28-21)15-6-8-30-22(9-15)20(13-27-30)16-3-2-7-24-10-16/h2-14H,1H3,(H,25,28). The van der Waals surface area contributed by atoms with Crippen molar-refractivity contribution >= 4 is 16.6 Å². The first-order valence-corrected chi connectivity index (χ1v) is 9.61. The molecule has 0 amide bonds. The minimum atomic E-state index is 0.854. The summed E-state index contributed by atoms with van der Waals surface area (Å²) in [5, 5.41) is 9.80. The Hall–Kier alpha value is -4.26. The van der Waals surface area contributed by atoms with Crippen LogP contribution in [0.4, 0.5) is 0 Å². The number of hydrogen-bond donors (Lipinski definition) is 1. The van der Waals surface area contributed by atoms with E-state index in [1.165, 1.54) is 0 Å². The quantitative estimate of drug-likeness (QED) is 0.487. The number of fused-ring (bicyclic) bond motifs is 2. The van der Waals surface area contributed by atoms with Crippen LogP contribution in [0, 0.1) is 0 Å². The fourth-order valence-corrected chi connectivity index (χ4v) is 3.85. The molecule has 0 aliphatic heterocycles. The number of nitrogens with one attached hydrogen (secondary N) is 1. The monoisotopic (exact) mass is 391 g/mol. The number of aromatic amines is 1. The molecule has 6 heterocycles. The Morgan fingerprint density at radius 3 is 2.70 bits per heavy atom. The largest absolute Gasteiger partial charge is 0.345 e. The van der Waals surface area contributed by atoms with Gasteiger partial charge in [0.15, 0.2) is 0 Å². The zero-order valence-corrected chi connectivity index (χ0v) is 16.2. The third-order valence-electron chi connectivity index (χ3n) is 5.34. The van der Waals surface area contributed by atoms with E-state index in [1.54, 1.807) is 10.9 Å². The molecule has 30 heavy (non-hydrogen) atoms. The minimum Gasteiger partial charge on any atom is -0.345 e. The molecule has 6 rings (SSSR count). The van der Waals surface area contributed by atoms with Gasteiger partial charge in [-0.25, -0.2) is 9.50 Å². The highest BCUT2D eigenvalue weighted by Crippen LogP contribution is 2.32. The van der Waals surface area contributed by atoms with Gasteiger partial charge in [-0.2, -0.15) is 10.2 Å². The number of aromatic nitrogens is 7. The Morgan fingerprint density at radius 2 is 1.87 bits per heavy atom. The molecule has 0 bridgehead atoms. The number of aryl methyl sites for hydroxylation is 1. The van der Waals surface area contributed by atoms with Gasteiger partial charge in [0, 0.05) is 65.7 Å². The third kappa shape index (κ3) is 2.60. The van der Waals surface area contributed by atoms with Crippen molar-refractivity contribution in [2.75, 3.05) is 0 Å². The fourth-order valence-electron chi connectivity index (χ4n) is 3.85. The summed E-state index contributed by atoms with van der Waals surface area (Å²) in [4.78, 5) is 12.3. The molecular weight excluding hydrogens is 374 g/mol. The lowest BCUT2D eigenvalue weighted by Crippen LogP contribution is -1.88. The summed E-state index contributed by atoms with van der Waals surface area (Å²) in [6.07, 6.45) is 13.3. The minimum absolute atomic E-state index is 0.854. The molecule has 0 unspecified atom stereocenters. The Labute approximate surface area is 171 Å². The van der Waals surface area contributed by atoms with Gasteiger partial charge in [-0.15, -0.1) is 0 Å². The van der Waals surface area contributed by atoms with Crippen molar-refractivity contribution in [3.05, 3.63) is 79.8 Å². The highest BCUT2D eigenvalue weighted by molar-refractivity contribution is 5.96. The number of pyridine rings is 3. The lowest BCUT2D eigenvalue weighted by molar-refractivity contribution is 0.768. The molecule has 0 saturated carbocycles. The molecule has 6 aromatic heterocycles. The topological polar surface area (TPSA) is 76.7 Å². The van der Waals surface area contributed by atoms with Crippen molar-refractivity contribution in [2.24, 2.45) is 7.05 Å². The van der Waals surface area contributed by atoms with Gasteiger partial charge in [0.1, 0.15) is 5.65 Å². The maximum Gasteiger partial charge on any atom is 0.138 e. The molecule has 0 atom stereocenters. The van der Waals surface area contributed by atoms with Crippen LogP contribution in [-0.2, 0) is 7.05 Å². The lowest BCUT2D eigenvalue weighted by atomic mass is 10.0. The van der Waals surface area contributed by atoms with Crippen LogP contribution in [0.25, 0.3) is 50.1 Å². The van der Waals surface area contributed by atoms with Gasteiger partial charge in [-0.05, 0) is 35.9 Å². The van der Waals surface area contributed by atoms with E-state index in [1.807, 2.05) is 66.9 Å². The van der Waals surface area contributed by atoms with E-state index in [0.717, 1.165) is 50.1 Å². The van der Waals surface area contributed by atoms with Crippen LogP contribution >= 0.6 is 0 Å². The van der Waals surface area contributed by atoms with Crippen LogP contribution in [0.1, 0.15) is 0 Å². The van der Waals surface area contributed by atoms with E-state index in [0.29, 0.717) is 0 Å². The van der Waals surface area contributed by atoms with Crippen molar-refractivity contribution in [3.63, 3.8) is 0 Å². The molecule has 0 radical (unpaired) electrons. The molecule has 0 fully saturated rings. The summed E-state index contributed by atoms with van der Waals surface area (Å²) < 4.78 is 3.67. The lowest BCUT2D eigenvalue weighted by Gasteiger charge is -2.04. The molecule has 0 aliphatic rings. The van der Waals surface area contributed by atoms with E-state index in [2.05, 4.69) is 38.4 Å². The van der Waals surface area contributed by atoms with Crippen molar-refractivity contribution in [1.82, 2.24) is 34.3 Å². The normalized spacial score (nSPS) is 11.5. The molecule has 0 aliphatic carbocycles. The van der Waals surface area contributed by atoms with E-state index in [9.17, 15) is 0 Å². The number of nitrogens with zero attached hydrogens (tertiary/aromatic N) is 6. The van der Waals surface area contributed by atoms with Gasteiger partial charge >= 0.3 is 0 Å². The molecule has 6 aromatic rings. The Morgan fingerprint density at radius 1 is 0.900 bits per heavy atom. The predicted molar refractivity (Wildman–Crippen MR) is 116 cm³/mol. The first-order valence-electron chi connectivity index (χ1n) is 9.61. The van der Waals surface area contributed by atoms with Crippen LogP contribution in [0.2, 0.25) is 0 Å². The Kier molecular flexibility index (Phi) is 3.55. The average Bonchev–Trinajstić information content (AvgIpc) is 3.51. The van der Waals surface area contributed by atoms with Crippen molar-refractivity contribution in [1.29, 1.82) is 0 Å². The third-order valence-corrected chi connectivity index (χ3v) is 5.34. The molecular formula is C23H17N7. The maximum atomic E-state index is 4.79. The molecule has 7 nitrogen and oxygen atoms in total. The second-order valence-corrected chi connectivity index (χ2v) is 7.24. The van der Waals surface area contributed by atoms with Gasteiger partial charge in [0.25, 0.3) is 0 Å². The van der Waals surface area contributed by atoms with Gasteiger partial charge in [-0.3, -0.25) is 9.67 Å². The zero-order chi connectivity index (χ0) is 20.1. The summed E-state index contributed by atoms with van der Waals surface area (Å²) in [6.45, 7) is 0. The summed E-state index contributed by atoms with van der Waals surface area (Å²) in [5.74, 6) is 0. The number of hydrogen-bond acceptors (Lipinski definition) is 4. The molecule has 1 N–H and O–H groups in total. The SMILES string of the molecule is Cn1cc(-c2ccc3c(-c4ccn5ncc(-c6cccnc6)c5c4)c[nH]c3n2)cn1. The second kappa shape index (κ2) is 6.38. The first kappa shape index (κ1) is 16.7. The highest BCUT2D eigenvalue weighted by Gasteiger charge is 2.13. The first-order chi connectivity index (χ1) is 14.8. The van der Waals surface area contributed by atoms with E-state index < -0.39 is 0 Å². The number of H-pyrrole nitrogens is 1. The van der Waals surface area contributed by atoms with Crippen LogP contribution in [0.15, 0.2) is 79.8 Å². The molecule has 0 spiro atoms. The summed E-state index contributed by atoms with van der Waals surface area (Å²) in [6, 6.07) is 12.4. The van der Waals surface area contributed by atoms with Gasteiger partial charge in [-0.1, -0.05) is 6.07 Å². The summed E-state index contributed by atoms with van der Waals surface area (Å²) >= 11 is 0. The van der Waals surface area contributed by atoms with E-state index in [-0.39, 0.29) is 0 Å². The Balaban J connectivity index is 1.47. The van der Waals surface area contributed by atoms with Crippen LogP contribution in [0.5, 0.6) is 0 Å². The smallest absolute Gasteiger partial charge is 0.138 e. The summed E-state index contributed by atoms with van der Waals surface area (Å²) in [5.41, 5.74) is 8.10. The van der Waals surface area contributed by atoms with Gasteiger partial charge in [0.05, 0.1) is 23.6 Å². The second-order valence-electron chi connectivity index (χ2n) is 7.24. The highest BCUT2D eigenvalue weighted by atomic mass is 15.2. The van der Waals surface area contributed by atoms with Crippen molar-refractivity contribution < 1.29 is 0 Å².